The van der Waals surface area contributed by atoms with Gasteiger partial charge in [0.1, 0.15) is 5.75 Å². The fourth-order valence-electron chi connectivity index (χ4n) is 1.35. The first-order chi connectivity index (χ1) is 8.04. The molecular formula is C13H14O4. The maximum absolute atomic E-state index is 10.9. The zero-order chi connectivity index (χ0) is 12.8. The highest BCUT2D eigenvalue weighted by Crippen LogP contribution is 2.22. The van der Waals surface area contributed by atoms with Gasteiger partial charge in [-0.15, -0.1) is 0 Å². The SMILES string of the molecule is CCC(=Cc1ccccc1OC(C)=O)C(=O)O. The van der Waals surface area contributed by atoms with Gasteiger partial charge in [-0.2, -0.15) is 0 Å². The van der Waals surface area contributed by atoms with Crippen molar-refractivity contribution in [3.63, 3.8) is 0 Å². The Morgan fingerprint density at radius 2 is 2.00 bits per heavy atom. The van der Waals surface area contributed by atoms with Gasteiger partial charge in [-0.05, 0) is 18.6 Å². The second-order valence-corrected chi connectivity index (χ2v) is 3.46. The van der Waals surface area contributed by atoms with Crippen LogP contribution in [0.15, 0.2) is 29.8 Å². The van der Waals surface area contributed by atoms with E-state index >= 15 is 0 Å². The molecule has 0 amide bonds. The van der Waals surface area contributed by atoms with Crippen molar-refractivity contribution in [1.29, 1.82) is 0 Å². The van der Waals surface area contributed by atoms with Gasteiger partial charge in [0.25, 0.3) is 0 Å². The first kappa shape index (κ1) is 13.0. The predicted octanol–water partition coefficient (Wildman–Crippen LogP) is 2.49. The molecule has 0 spiro atoms. The van der Waals surface area contributed by atoms with E-state index in [2.05, 4.69) is 0 Å². The highest BCUT2D eigenvalue weighted by molar-refractivity contribution is 5.92. The maximum Gasteiger partial charge on any atom is 0.331 e. The summed E-state index contributed by atoms with van der Waals surface area (Å²) in [4.78, 5) is 21.8. The summed E-state index contributed by atoms with van der Waals surface area (Å²) in [5, 5.41) is 8.93. The van der Waals surface area contributed by atoms with Gasteiger partial charge in [-0.1, -0.05) is 25.1 Å². The van der Waals surface area contributed by atoms with Crippen LogP contribution in [-0.2, 0) is 9.59 Å². The van der Waals surface area contributed by atoms with Crippen LogP contribution in [0, 0.1) is 0 Å². The third-order valence-corrected chi connectivity index (χ3v) is 2.16. The number of ether oxygens (including phenoxy) is 1. The van der Waals surface area contributed by atoms with E-state index in [1.807, 2.05) is 0 Å². The van der Waals surface area contributed by atoms with Gasteiger partial charge in [0.2, 0.25) is 0 Å². The van der Waals surface area contributed by atoms with Crippen molar-refractivity contribution >= 4 is 18.0 Å². The molecule has 0 aromatic heterocycles. The average Bonchev–Trinajstić information content (AvgIpc) is 2.26. The summed E-state index contributed by atoms with van der Waals surface area (Å²) in [5.41, 5.74) is 0.853. The highest BCUT2D eigenvalue weighted by Gasteiger charge is 2.08. The number of hydrogen-bond acceptors (Lipinski definition) is 3. The van der Waals surface area contributed by atoms with E-state index in [4.69, 9.17) is 9.84 Å². The van der Waals surface area contributed by atoms with Gasteiger partial charge < -0.3 is 9.84 Å². The molecule has 0 saturated heterocycles. The molecule has 0 radical (unpaired) electrons. The normalized spacial score (nSPS) is 11.1. The van der Waals surface area contributed by atoms with E-state index in [1.165, 1.54) is 13.0 Å². The minimum Gasteiger partial charge on any atom is -0.478 e. The van der Waals surface area contributed by atoms with Crippen molar-refractivity contribution < 1.29 is 19.4 Å². The molecule has 0 fully saturated rings. The Balaban J connectivity index is 3.12. The van der Waals surface area contributed by atoms with Crippen molar-refractivity contribution in [2.75, 3.05) is 0 Å². The topological polar surface area (TPSA) is 63.6 Å². The zero-order valence-corrected chi connectivity index (χ0v) is 9.77. The molecule has 0 heterocycles. The van der Waals surface area contributed by atoms with Crippen molar-refractivity contribution in [1.82, 2.24) is 0 Å². The Hall–Kier alpha value is -2.10. The van der Waals surface area contributed by atoms with E-state index in [9.17, 15) is 9.59 Å². The van der Waals surface area contributed by atoms with Gasteiger partial charge in [0.15, 0.2) is 0 Å². The van der Waals surface area contributed by atoms with Crippen LogP contribution >= 0.6 is 0 Å². The van der Waals surface area contributed by atoms with E-state index in [1.54, 1.807) is 31.2 Å². The van der Waals surface area contributed by atoms with Crippen molar-refractivity contribution in [3.8, 4) is 5.75 Å². The lowest BCUT2D eigenvalue weighted by Gasteiger charge is -2.06. The highest BCUT2D eigenvalue weighted by atomic mass is 16.5. The summed E-state index contributed by atoms with van der Waals surface area (Å²) in [6.45, 7) is 3.06. The number of hydrogen-bond donors (Lipinski definition) is 1. The van der Waals surface area contributed by atoms with Crippen LogP contribution < -0.4 is 4.74 Å². The van der Waals surface area contributed by atoms with E-state index in [-0.39, 0.29) is 5.57 Å². The molecule has 0 atom stereocenters. The Morgan fingerprint density at radius 3 is 2.53 bits per heavy atom. The third-order valence-electron chi connectivity index (χ3n) is 2.16. The molecule has 0 unspecified atom stereocenters. The van der Waals surface area contributed by atoms with Crippen LogP contribution in [0.4, 0.5) is 0 Å². The number of carbonyl (C=O) groups is 2. The van der Waals surface area contributed by atoms with Crippen LogP contribution in [-0.4, -0.2) is 17.0 Å². The van der Waals surface area contributed by atoms with Crippen LogP contribution in [0.3, 0.4) is 0 Å². The van der Waals surface area contributed by atoms with Crippen molar-refractivity contribution in [2.45, 2.75) is 20.3 Å². The fraction of sp³-hybridized carbons (Fsp3) is 0.231. The number of carbonyl (C=O) groups excluding carboxylic acids is 1. The molecule has 1 aromatic rings. The van der Waals surface area contributed by atoms with Gasteiger partial charge in [-0.3, -0.25) is 4.79 Å². The molecule has 0 aliphatic heterocycles. The van der Waals surface area contributed by atoms with Gasteiger partial charge in [-0.25, -0.2) is 4.79 Å². The summed E-state index contributed by atoms with van der Waals surface area (Å²) in [5.74, 6) is -1.03. The molecule has 0 aliphatic rings. The van der Waals surface area contributed by atoms with Crippen molar-refractivity contribution in [3.05, 3.63) is 35.4 Å². The number of aliphatic carboxylic acids is 1. The maximum atomic E-state index is 10.9. The molecule has 90 valence electrons. The Kier molecular flexibility index (Phi) is 4.46. The van der Waals surface area contributed by atoms with E-state index in [0.29, 0.717) is 17.7 Å². The molecule has 0 aliphatic carbocycles. The van der Waals surface area contributed by atoms with Crippen LogP contribution in [0.25, 0.3) is 6.08 Å². The zero-order valence-electron chi connectivity index (χ0n) is 9.77. The minimum atomic E-state index is -0.967. The average molecular weight is 234 g/mol. The molecule has 4 nitrogen and oxygen atoms in total. The van der Waals surface area contributed by atoms with Gasteiger partial charge in [0.05, 0.1) is 0 Å². The predicted molar refractivity (Wildman–Crippen MR) is 63.7 cm³/mol. The molecule has 1 rings (SSSR count). The number of carboxylic acids is 1. The molecule has 1 aromatic carbocycles. The summed E-state index contributed by atoms with van der Waals surface area (Å²) in [7, 11) is 0. The molecule has 17 heavy (non-hydrogen) atoms. The van der Waals surface area contributed by atoms with Crippen LogP contribution in [0.1, 0.15) is 25.8 Å². The standard InChI is InChI=1S/C13H14O4/c1-3-10(13(15)16)8-11-6-4-5-7-12(11)17-9(2)14/h4-8H,3H2,1-2H3,(H,15,16). The lowest BCUT2D eigenvalue weighted by Crippen LogP contribution is -2.03. The Labute approximate surface area is 99.5 Å². The van der Waals surface area contributed by atoms with E-state index < -0.39 is 11.9 Å². The molecular weight excluding hydrogens is 220 g/mol. The van der Waals surface area contributed by atoms with E-state index in [0.717, 1.165) is 0 Å². The first-order valence-electron chi connectivity index (χ1n) is 5.26. The number of benzene rings is 1. The lowest BCUT2D eigenvalue weighted by atomic mass is 10.1. The second kappa shape index (κ2) is 5.84. The molecule has 1 N–H and O–H groups in total. The number of esters is 1. The first-order valence-corrected chi connectivity index (χ1v) is 5.26. The van der Waals surface area contributed by atoms with Gasteiger partial charge >= 0.3 is 11.9 Å². The lowest BCUT2D eigenvalue weighted by molar-refractivity contribution is -0.133. The monoisotopic (exact) mass is 234 g/mol. The summed E-state index contributed by atoms with van der Waals surface area (Å²) >= 11 is 0. The van der Waals surface area contributed by atoms with Crippen LogP contribution in [0.5, 0.6) is 5.75 Å². The Morgan fingerprint density at radius 1 is 1.35 bits per heavy atom. The molecule has 4 heteroatoms. The Bertz CT molecular complexity index is 460. The molecule has 0 saturated carbocycles. The summed E-state index contributed by atoms with van der Waals surface area (Å²) in [6, 6.07) is 6.81. The number of carboxylic acid groups (broad SMARTS) is 1. The molecule has 0 bridgehead atoms. The minimum absolute atomic E-state index is 0.268. The van der Waals surface area contributed by atoms with Crippen molar-refractivity contribution in [2.24, 2.45) is 0 Å². The summed E-state index contributed by atoms with van der Waals surface area (Å²) in [6.07, 6.45) is 1.92. The second-order valence-electron chi connectivity index (χ2n) is 3.46. The smallest absolute Gasteiger partial charge is 0.331 e. The number of rotatable bonds is 4. The quantitative estimate of drug-likeness (QED) is 0.494. The largest absolute Gasteiger partial charge is 0.478 e. The number of para-hydroxylation sites is 1. The third kappa shape index (κ3) is 3.75. The summed E-state index contributed by atoms with van der Waals surface area (Å²) < 4.78 is 4.99. The fourth-order valence-corrected chi connectivity index (χ4v) is 1.35. The van der Waals surface area contributed by atoms with Gasteiger partial charge in [0, 0.05) is 18.1 Å². The van der Waals surface area contributed by atoms with Crippen LogP contribution in [0.2, 0.25) is 0 Å².